The van der Waals surface area contributed by atoms with Gasteiger partial charge in [-0.1, -0.05) is 0 Å². The maximum atomic E-state index is 12.0. The number of aliphatic hydroxyl groups is 1. The molecular weight excluding hydrogens is 270 g/mol. The number of aromatic amines is 1. The van der Waals surface area contributed by atoms with Crippen molar-refractivity contribution in [3.63, 3.8) is 0 Å². The molecule has 0 atom stereocenters. The number of aromatic nitrogens is 2. The van der Waals surface area contributed by atoms with E-state index in [2.05, 4.69) is 14.7 Å². The summed E-state index contributed by atoms with van der Waals surface area (Å²) in [5.41, 5.74) is 0.751. The van der Waals surface area contributed by atoms with Crippen molar-refractivity contribution in [3.05, 3.63) is 36.3 Å². The van der Waals surface area contributed by atoms with Crippen LogP contribution in [0.3, 0.4) is 0 Å². The van der Waals surface area contributed by atoms with E-state index in [0.29, 0.717) is 17.3 Å². The lowest BCUT2D eigenvalue weighted by molar-refractivity contribution is 0.277. The third-order valence-electron chi connectivity index (χ3n) is 2.39. The van der Waals surface area contributed by atoms with E-state index >= 15 is 0 Å². The molecule has 2 aromatic heterocycles. The van der Waals surface area contributed by atoms with Crippen LogP contribution in [0.15, 0.2) is 35.5 Å². The summed E-state index contributed by atoms with van der Waals surface area (Å²) in [5, 5.41) is 8.89. The number of nitrogens with one attached hydrogen (secondary N) is 2. The van der Waals surface area contributed by atoms with Crippen LogP contribution < -0.4 is 9.46 Å². The second-order valence-electron chi connectivity index (χ2n) is 3.71. The number of rotatable bonds is 5. The van der Waals surface area contributed by atoms with Crippen LogP contribution in [0.2, 0.25) is 0 Å². The summed E-state index contributed by atoms with van der Waals surface area (Å²) < 4.78 is 31.3. The minimum absolute atomic E-state index is 0.0485. The molecular formula is C11H13N3O4S. The first kappa shape index (κ1) is 13.4. The lowest BCUT2D eigenvalue weighted by Crippen LogP contribution is -2.12. The van der Waals surface area contributed by atoms with Gasteiger partial charge in [0.1, 0.15) is 4.90 Å². The molecule has 0 aliphatic heterocycles. The predicted molar refractivity (Wildman–Crippen MR) is 68.3 cm³/mol. The van der Waals surface area contributed by atoms with E-state index in [0.717, 1.165) is 0 Å². The molecule has 0 saturated heterocycles. The molecule has 19 heavy (non-hydrogen) atoms. The average molecular weight is 283 g/mol. The van der Waals surface area contributed by atoms with E-state index in [1.54, 1.807) is 12.1 Å². The number of pyridine rings is 1. The van der Waals surface area contributed by atoms with Gasteiger partial charge >= 0.3 is 0 Å². The first-order chi connectivity index (χ1) is 9.05. The quantitative estimate of drug-likeness (QED) is 0.749. The monoisotopic (exact) mass is 283 g/mol. The molecule has 0 radical (unpaired) electrons. The number of aliphatic hydroxyl groups excluding tert-OH is 1. The van der Waals surface area contributed by atoms with Gasteiger partial charge in [0, 0.05) is 18.0 Å². The minimum Gasteiger partial charge on any atom is -0.481 e. The highest BCUT2D eigenvalue weighted by Gasteiger charge is 2.16. The Kier molecular flexibility index (Phi) is 3.72. The topological polar surface area (TPSA) is 104 Å². The Balaban J connectivity index is 2.20. The van der Waals surface area contributed by atoms with Crippen LogP contribution >= 0.6 is 0 Å². The molecule has 0 aromatic carbocycles. The smallest absolute Gasteiger partial charge is 0.263 e. The third kappa shape index (κ3) is 3.04. The van der Waals surface area contributed by atoms with Crippen molar-refractivity contribution in [2.24, 2.45) is 0 Å². The Bertz CT molecular complexity index is 649. The molecule has 0 bridgehead atoms. The van der Waals surface area contributed by atoms with Crippen LogP contribution in [0.1, 0.15) is 5.69 Å². The molecule has 0 spiro atoms. The first-order valence-electron chi connectivity index (χ1n) is 5.36. The Hall–Kier alpha value is -2.06. The van der Waals surface area contributed by atoms with E-state index in [1.807, 2.05) is 0 Å². The standard InChI is InChI=1S/C11H13N3O4S/c1-18-11-3-2-8(5-13-11)14-19(16,17)10-4-9(7-15)12-6-10/h2-6,12,14-15H,7H2,1H3. The number of hydrogen-bond acceptors (Lipinski definition) is 5. The predicted octanol–water partition coefficient (Wildman–Crippen LogP) is 0.711. The van der Waals surface area contributed by atoms with Gasteiger partial charge in [0.2, 0.25) is 5.88 Å². The van der Waals surface area contributed by atoms with E-state index in [4.69, 9.17) is 9.84 Å². The van der Waals surface area contributed by atoms with Crippen LogP contribution in [0, 0.1) is 0 Å². The van der Waals surface area contributed by atoms with Gasteiger partial charge in [0.25, 0.3) is 10.0 Å². The summed E-state index contributed by atoms with van der Waals surface area (Å²) in [4.78, 5) is 6.61. The molecule has 2 aromatic rings. The zero-order valence-corrected chi connectivity index (χ0v) is 10.9. The Morgan fingerprint density at radius 2 is 2.26 bits per heavy atom. The molecule has 0 saturated carbocycles. The van der Waals surface area contributed by atoms with Gasteiger partial charge in [0.15, 0.2) is 0 Å². The molecule has 3 N–H and O–H groups in total. The van der Waals surface area contributed by atoms with Gasteiger partial charge in [-0.05, 0) is 12.1 Å². The molecule has 0 aliphatic carbocycles. The summed E-state index contributed by atoms with van der Waals surface area (Å²) in [5.74, 6) is 0.396. The average Bonchev–Trinajstić information content (AvgIpc) is 2.89. The van der Waals surface area contributed by atoms with Crippen molar-refractivity contribution in [2.45, 2.75) is 11.5 Å². The van der Waals surface area contributed by atoms with Crippen LogP contribution in [0.25, 0.3) is 0 Å². The van der Waals surface area contributed by atoms with E-state index in [1.165, 1.54) is 25.6 Å². The van der Waals surface area contributed by atoms with Crippen molar-refractivity contribution in [2.75, 3.05) is 11.8 Å². The molecule has 8 heteroatoms. The fourth-order valence-corrected chi connectivity index (χ4v) is 2.50. The molecule has 0 unspecified atom stereocenters. The molecule has 2 rings (SSSR count). The maximum absolute atomic E-state index is 12.0. The highest BCUT2D eigenvalue weighted by molar-refractivity contribution is 7.92. The minimum atomic E-state index is -3.70. The number of H-pyrrole nitrogens is 1. The van der Waals surface area contributed by atoms with Crippen LogP contribution in [-0.2, 0) is 16.6 Å². The summed E-state index contributed by atoms with van der Waals surface area (Å²) in [6.07, 6.45) is 2.67. The number of hydrogen-bond donors (Lipinski definition) is 3. The van der Waals surface area contributed by atoms with Crippen molar-refractivity contribution >= 4 is 15.7 Å². The number of sulfonamides is 1. The Labute approximate surface area is 110 Å². The number of methoxy groups -OCH3 is 1. The van der Waals surface area contributed by atoms with Crippen molar-refractivity contribution in [1.29, 1.82) is 0 Å². The first-order valence-corrected chi connectivity index (χ1v) is 6.84. The highest BCUT2D eigenvalue weighted by Crippen LogP contribution is 2.17. The number of ether oxygens (including phenoxy) is 1. The summed E-state index contributed by atoms with van der Waals surface area (Å²) in [7, 11) is -2.22. The molecule has 7 nitrogen and oxygen atoms in total. The van der Waals surface area contributed by atoms with E-state index in [-0.39, 0.29) is 11.5 Å². The van der Waals surface area contributed by atoms with Crippen LogP contribution in [0.5, 0.6) is 5.88 Å². The van der Waals surface area contributed by atoms with Crippen LogP contribution in [0.4, 0.5) is 5.69 Å². The van der Waals surface area contributed by atoms with Gasteiger partial charge in [-0.15, -0.1) is 0 Å². The lowest BCUT2D eigenvalue weighted by Gasteiger charge is -2.06. The molecule has 102 valence electrons. The second-order valence-corrected chi connectivity index (χ2v) is 5.40. The summed E-state index contributed by atoms with van der Waals surface area (Å²) in [6, 6.07) is 4.45. The molecule has 0 fully saturated rings. The largest absolute Gasteiger partial charge is 0.481 e. The summed E-state index contributed by atoms with van der Waals surface area (Å²) in [6.45, 7) is -0.250. The van der Waals surface area contributed by atoms with Gasteiger partial charge < -0.3 is 14.8 Å². The zero-order valence-electron chi connectivity index (χ0n) is 10.1. The third-order valence-corrected chi connectivity index (χ3v) is 3.76. The van der Waals surface area contributed by atoms with Gasteiger partial charge in [-0.2, -0.15) is 0 Å². The normalized spacial score (nSPS) is 11.3. The Morgan fingerprint density at radius 3 is 2.79 bits per heavy atom. The van der Waals surface area contributed by atoms with Gasteiger partial charge in [-0.25, -0.2) is 13.4 Å². The Morgan fingerprint density at radius 1 is 1.47 bits per heavy atom. The fourth-order valence-electron chi connectivity index (χ4n) is 1.44. The van der Waals surface area contributed by atoms with Crippen molar-refractivity contribution < 1.29 is 18.3 Å². The maximum Gasteiger partial charge on any atom is 0.263 e. The lowest BCUT2D eigenvalue weighted by atomic mass is 10.4. The molecule has 0 aliphatic rings. The molecule has 2 heterocycles. The van der Waals surface area contributed by atoms with E-state index < -0.39 is 10.0 Å². The SMILES string of the molecule is COc1ccc(NS(=O)(=O)c2c[nH]c(CO)c2)cn1. The van der Waals surface area contributed by atoms with Crippen molar-refractivity contribution in [3.8, 4) is 5.88 Å². The molecule has 0 amide bonds. The zero-order chi connectivity index (χ0) is 13.9. The van der Waals surface area contributed by atoms with Crippen LogP contribution in [-0.4, -0.2) is 30.6 Å². The number of anilines is 1. The van der Waals surface area contributed by atoms with Gasteiger partial charge in [0.05, 0.1) is 25.6 Å². The van der Waals surface area contributed by atoms with E-state index in [9.17, 15) is 8.42 Å². The highest BCUT2D eigenvalue weighted by atomic mass is 32.2. The second kappa shape index (κ2) is 5.29. The summed E-state index contributed by atoms with van der Waals surface area (Å²) >= 11 is 0. The fraction of sp³-hybridized carbons (Fsp3) is 0.182. The number of nitrogens with zero attached hydrogens (tertiary/aromatic N) is 1. The van der Waals surface area contributed by atoms with Gasteiger partial charge in [-0.3, -0.25) is 4.72 Å². The van der Waals surface area contributed by atoms with Crippen molar-refractivity contribution in [1.82, 2.24) is 9.97 Å².